The zero-order chi connectivity index (χ0) is 22.2. The molecule has 1 fully saturated rings. The minimum Gasteiger partial charge on any atom is -0.457 e. The van der Waals surface area contributed by atoms with E-state index in [4.69, 9.17) is 10.5 Å². The third-order valence-electron chi connectivity index (χ3n) is 6.37. The largest absolute Gasteiger partial charge is 0.457 e. The molecule has 4 nitrogen and oxygen atoms in total. The number of nitrogen functional groups attached to an aromatic ring is 1. The van der Waals surface area contributed by atoms with Crippen LogP contribution in [0.5, 0.6) is 0 Å². The van der Waals surface area contributed by atoms with Crippen LogP contribution in [0.1, 0.15) is 76.1 Å². The number of benzene rings is 1. The number of carbonyl (C=O) groups is 1. The topological polar surface area (TPSA) is 68.1 Å². The van der Waals surface area contributed by atoms with Gasteiger partial charge in [0.05, 0.1) is 0 Å². The Hall–Kier alpha value is -1.88. The van der Waals surface area contributed by atoms with Crippen molar-refractivity contribution in [3.63, 3.8) is 0 Å². The van der Waals surface area contributed by atoms with Crippen molar-refractivity contribution in [1.82, 2.24) is 4.98 Å². The van der Waals surface area contributed by atoms with Gasteiger partial charge in [0.25, 0.3) is 0 Å². The molecule has 1 aliphatic rings. The number of nitrogens with one attached hydrogen (secondary N) is 1. The van der Waals surface area contributed by atoms with E-state index in [0.29, 0.717) is 28.5 Å². The molecule has 170 valence electrons. The van der Waals surface area contributed by atoms with Crippen LogP contribution in [-0.4, -0.2) is 28.1 Å². The molecular formula is C26H38N2O2S. The number of H-pyrrole nitrogens is 1. The molecule has 31 heavy (non-hydrogen) atoms. The van der Waals surface area contributed by atoms with Crippen molar-refractivity contribution >= 4 is 23.5 Å². The Morgan fingerprint density at radius 1 is 1.16 bits per heavy atom. The lowest BCUT2D eigenvalue weighted by Gasteiger charge is -2.40. The predicted molar refractivity (Wildman–Crippen MR) is 132 cm³/mol. The van der Waals surface area contributed by atoms with E-state index in [0.717, 1.165) is 36.1 Å². The molecule has 1 saturated carbocycles. The lowest BCUT2D eigenvalue weighted by molar-refractivity contribution is -0.00427. The molecule has 3 rings (SSSR count). The molecule has 0 spiro atoms. The molecule has 0 radical (unpaired) electrons. The first-order valence-corrected chi connectivity index (χ1v) is 12.9. The van der Waals surface area contributed by atoms with Gasteiger partial charge in [0.2, 0.25) is 0 Å². The van der Waals surface area contributed by atoms with Crippen LogP contribution in [0.3, 0.4) is 0 Å². The number of aromatic nitrogens is 1. The second kappa shape index (κ2) is 11.7. The van der Waals surface area contributed by atoms with Gasteiger partial charge in [0.15, 0.2) is 0 Å². The normalized spacial score (nSPS) is 23.6. The van der Waals surface area contributed by atoms with Gasteiger partial charge in [-0.1, -0.05) is 70.4 Å². The lowest BCUT2D eigenvalue weighted by atomic mass is 9.77. The molecule has 4 unspecified atom stereocenters. The highest BCUT2D eigenvalue weighted by atomic mass is 32.2. The van der Waals surface area contributed by atoms with Crippen molar-refractivity contribution in [2.45, 2.75) is 77.1 Å². The maximum atomic E-state index is 13.4. The van der Waals surface area contributed by atoms with Crippen LogP contribution < -0.4 is 5.73 Å². The lowest BCUT2D eigenvalue weighted by Crippen LogP contribution is -2.42. The minimum absolute atomic E-state index is 0.0463. The van der Waals surface area contributed by atoms with E-state index in [9.17, 15) is 4.79 Å². The van der Waals surface area contributed by atoms with Gasteiger partial charge in [-0.2, -0.15) is 11.8 Å². The molecule has 1 aromatic carbocycles. The number of esters is 1. The van der Waals surface area contributed by atoms with Crippen molar-refractivity contribution in [3.05, 3.63) is 42.1 Å². The van der Waals surface area contributed by atoms with E-state index in [1.54, 1.807) is 0 Å². The van der Waals surface area contributed by atoms with Gasteiger partial charge in [-0.25, -0.2) is 4.79 Å². The van der Waals surface area contributed by atoms with Crippen LogP contribution in [0.2, 0.25) is 0 Å². The first kappa shape index (κ1) is 23.8. The second-order valence-electron chi connectivity index (χ2n) is 8.97. The number of carbonyl (C=O) groups excluding carboxylic acids is 1. The number of thioether (sulfide) groups is 1. The SMILES string of the molecule is CCCCSC1CC(C)CC(CCCC)C1OC(=O)c1c(-c2ccccc2)c[nH]c1N. The van der Waals surface area contributed by atoms with E-state index < -0.39 is 0 Å². The molecule has 0 amide bonds. The average molecular weight is 443 g/mol. The average Bonchev–Trinajstić information content (AvgIpc) is 3.16. The number of rotatable bonds is 10. The van der Waals surface area contributed by atoms with Crippen molar-refractivity contribution in [3.8, 4) is 11.1 Å². The summed E-state index contributed by atoms with van der Waals surface area (Å²) >= 11 is 2.00. The number of anilines is 1. The van der Waals surface area contributed by atoms with E-state index in [2.05, 4.69) is 25.8 Å². The van der Waals surface area contributed by atoms with E-state index in [-0.39, 0.29) is 12.1 Å². The van der Waals surface area contributed by atoms with Crippen LogP contribution in [-0.2, 0) is 4.74 Å². The zero-order valence-corrected chi connectivity index (χ0v) is 20.0. The van der Waals surface area contributed by atoms with Gasteiger partial charge in [-0.3, -0.25) is 0 Å². The standard InChI is InChI=1S/C26H38N2O2S/c1-4-6-11-20-15-18(3)16-22(31-14-7-5-2)24(20)30-26(29)23-21(17-28-25(23)27)19-12-9-8-10-13-19/h8-10,12-13,17-18,20,22,24,28H,4-7,11,14-16,27H2,1-3H3. The fourth-order valence-corrected chi connectivity index (χ4v) is 6.42. The maximum absolute atomic E-state index is 13.4. The summed E-state index contributed by atoms with van der Waals surface area (Å²) in [5, 5.41) is 0.362. The third-order valence-corrected chi connectivity index (χ3v) is 7.79. The first-order valence-electron chi connectivity index (χ1n) is 11.9. The fourth-order valence-electron chi connectivity index (χ4n) is 4.73. The highest BCUT2D eigenvalue weighted by molar-refractivity contribution is 7.99. The fraction of sp³-hybridized carbons (Fsp3) is 0.577. The van der Waals surface area contributed by atoms with E-state index in [1.165, 1.54) is 25.7 Å². The van der Waals surface area contributed by atoms with Gasteiger partial charge < -0.3 is 15.5 Å². The van der Waals surface area contributed by atoms with E-state index >= 15 is 0 Å². The summed E-state index contributed by atoms with van der Waals surface area (Å²) in [4.78, 5) is 16.5. The molecule has 5 heteroatoms. The summed E-state index contributed by atoms with van der Waals surface area (Å²) in [5.41, 5.74) is 8.44. The summed E-state index contributed by atoms with van der Waals surface area (Å²) in [6.45, 7) is 6.81. The number of hydrogen-bond donors (Lipinski definition) is 2. The Kier molecular flexibility index (Phi) is 8.94. The number of ether oxygens (including phenoxy) is 1. The first-order chi connectivity index (χ1) is 15.0. The molecule has 1 aromatic heterocycles. The number of nitrogens with two attached hydrogens (primary N) is 1. The minimum atomic E-state index is -0.292. The van der Waals surface area contributed by atoms with Crippen LogP contribution in [0.4, 0.5) is 5.82 Å². The number of hydrogen-bond acceptors (Lipinski definition) is 4. The van der Waals surface area contributed by atoms with Gasteiger partial charge in [0, 0.05) is 17.0 Å². The third kappa shape index (κ3) is 6.09. The van der Waals surface area contributed by atoms with Gasteiger partial charge >= 0.3 is 5.97 Å². The summed E-state index contributed by atoms with van der Waals surface area (Å²) in [6.07, 6.45) is 9.89. The van der Waals surface area contributed by atoms with Crippen LogP contribution in [0.25, 0.3) is 11.1 Å². The van der Waals surface area contributed by atoms with E-state index in [1.807, 2.05) is 48.3 Å². The monoisotopic (exact) mass is 442 g/mol. The smallest absolute Gasteiger partial charge is 0.342 e. The highest BCUT2D eigenvalue weighted by Crippen LogP contribution is 2.41. The van der Waals surface area contributed by atoms with Crippen molar-refractivity contribution < 1.29 is 9.53 Å². The second-order valence-corrected chi connectivity index (χ2v) is 10.3. The molecule has 2 aromatic rings. The molecule has 0 bridgehead atoms. The Bertz CT molecular complexity index is 820. The van der Waals surface area contributed by atoms with Gasteiger partial charge in [0.1, 0.15) is 17.5 Å². The Balaban J connectivity index is 1.84. The molecule has 0 saturated heterocycles. The Morgan fingerprint density at radius 2 is 1.90 bits per heavy atom. The van der Waals surface area contributed by atoms with Gasteiger partial charge in [-0.15, -0.1) is 0 Å². The number of aromatic amines is 1. The van der Waals surface area contributed by atoms with Crippen LogP contribution >= 0.6 is 11.8 Å². The quantitative estimate of drug-likeness (QED) is 0.309. The Morgan fingerprint density at radius 3 is 2.61 bits per heavy atom. The van der Waals surface area contributed by atoms with Crippen molar-refractivity contribution in [2.24, 2.45) is 11.8 Å². The summed E-state index contributed by atoms with van der Waals surface area (Å²) < 4.78 is 6.32. The molecular weight excluding hydrogens is 404 g/mol. The zero-order valence-electron chi connectivity index (χ0n) is 19.2. The molecule has 0 aliphatic heterocycles. The molecule has 4 atom stereocenters. The van der Waals surface area contributed by atoms with Gasteiger partial charge in [-0.05, 0) is 48.8 Å². The summed E-state index contributed by atoms with van der Waals surface area (Å²) in [5.74, 6) is 2.32. The summed E-state index contributed by atoms with van der Waals surface area (Å²) in [7, 11) is 0. The predicted octanol–water partition coefficient (Wildman–Crippen LogP) is 6.93. The molecule has 1 aliphatic carbocycles. The Labute approximate surface area is 191 Å². The highest BCUT2D eigenvalue weighted by Gasteiger charge is 2.39. The van der Waals surface area contributed by atoms with Crippen molar-refractivity contribution in [1.29, 1.82) is 0 Å². The maximum Gasteiger partial charge on any atom is 0.342 e. The van der Waals surface area contributed by atoms with Crippen molar-refractivity contribution in [2.75, 3.05) is 11.5 Å². The number of unbranched alkanes of at least 4 members (excludes halogenated alkanes) is 2. The molecule has 1 heterocycles. The van der Waals surface area contributed by atoms with Crippen LogP contribution in [0.15, 0.2) is 36.5 Å². The summed E-state index contributed by atoms with van der Waals surface area (Å²) in [6, 6.07) is 9.90. The van der Waals surface area contributed by atoms with Crippen LogP contribution in [0, 0.1) is 11.8 Å². The molecule has 3 N–H and O–H groups in total.